The van der Waals surface area contributed by atoms with Crippen molar-refractivity contribution in [3.63, 3.8) is 0 Å². The molecule has 0 aromatic heterocycles. The van der Waals surface area contributed by atoms with Crippen LogP contribution in [0.1, 0.15) is 19.8 Å². The lowest BCUT2D eigenvalue weighted by atomic mass is 9.74. The van der Waals surface area contributed by atoms with E-state index in [-0.39, 0.29) is 24.5 Å². The van der Waals surface area contributed by atoms with Crippen LogP contribution in [0, 0.1) is 5.92 Å². The minimum atomic E-state index is -1.26. The molecule has 1 saturated carbocycles. The summed E-state index contributed by atoms with van der Waals surface area (Å²) in [5, 5.41) is 9.48. The largest absolute Gasteiger partial charge is 0.489 e. The van der Waals surface area contributed by atoms with Gasteiger partial charge in [-0.25, -0.2) is 9.18 Å². The summed E-state index contributed by atoms with van der Waals surface area (Å²) in [4.78, 5) is 30.6. The maximum atomic E-state index is 14.2. The summed E-state index contributed by atoms with van der Waals surface area (Å²) in [6.07, 6.45) is 0.138. The predicted octanol–water partition coefficient (Wildman–Crippen LogP) is 0.791. The third-order valence-electron chi connectivity index (χ3n) is 5.90. The molecule has 3 heterocycles. The maximum Gasteiger partial charge on any atom is 0.340 e. The monoisotopic (exact) mass is 365 g/mol. The number of likely N-dealkylation sites (N-methyl/N-ethyl adjacent to an activating group) is 1. The van der Waals surface area contributed by atoms with Crippen LogP contribution in [0.25, 0.3) is 0 Å². The van der Waals surface area contributed by atoms with Gasteiger partial charge in [0.05, 0.1) is 6.04 Å². The van der Waals surface area contributed by atoms with Crippen LogP contribution < -0.4 is 0 Å². The maximum absolute atomic E-state index is 14.2. The fourth-order valence-electron chi connectivity index (χ4n) is 4.63. The molecule has 1 N–H and O–H groups in total. The topological polar surface area (TPSA) is 73.3 Å². The summed E-state index contributed by atoms with van der Waals surface area (Å²) in [7, 11) is 2.06. The number of ketones is 1. The van der Waals surface area contributed by atoms with E-state index in [0.717, 1.165) is 32.0 Å². The third kappa shape index (κ3) is 2.67. The van der Waals surface area contributed by atoms with E-state index in [1.807, 2.05) is 11.8 Å². The Bertz CT molecular complexity index is 699. The van der Waals surface area contributed by atoms with Crippen LogP contribution in [-0.2, 0) is 14.3 Å². The van der Waals surface area contributed by atoms with Gasteiger partial charge in [0.1, 0.15) is 29.4 Å². The Hall–Kier alpha value is -2.09. The molecule has 0 bridgehead atoms. The number of ether oxygens (including phenoxy) is 1. The summed E-state index contributed by atoms with van der Waals surface area (Å²) in [5.74, 6) is -0.942. The standard InChI is InChI=1S/C18H24FN3O4/c1-10-17(21-5-3-20(2)4-6-21)22-9-13(18(24)25)16(23)12-7-11(19)8-14(26-10)15(12)22/h9,11-12,14-15H,3-8H2,1-2H3,(H,24,25). The van der Waals surface area contributed by atoms with Crippen LogP contribution in [0.15, 0.2) is 23.4 Å². The van der Waals surface area contributed by atoms with E-state index < -0.39 is 29.9 Å². The van der Waals surface area contributed by atoms with E-state index in [9.17, 15) is 19.1 Å². The molecule has 0 amide bonds. The fourth-order valence-corrected chi connectivity index (χ4v) is 4.63. The quantitative estimate of drug-likeness (QED) is 0.726. The highest BCUT2D eigenvalue weighted by Crippen LogP contribution is 2.44. The van der Waals surface area contributed by atoms with Crippen LogP contribution in [0.3, 0.4) is 0 Å². The van der Waals surface area contributed by atoms with Crippen molar-refractivity contribution < 1.29 is 23.8 Å². The van der Waals surface area contributed by atoms with Gasteiger partial charge in [-0.15, -0.1) is 0 Å². The van der Waals surface area contributed by atoms with E-state index in [0.29, 0.717) is 5.76 Å². The van der Waals surface area contributed by atoms with Crippen LogP contribution in [-0.4, -0.2) is 83.1 Å². The molecule has 4 unspecified atom stereocenters. The highest BCUT2D eigenvalue weighted by molar-refractivity contribution is 6.18. The molecule has 0 spiro atoms. The summed E-state index contributed by atoms with van der Waals surface area (Å²) in [6.45, 7) is 5.21. The molecule has 0 aromatic carbocycles. The molecular weight excluding hydrogens is 341 g/mol. The molecule has 1 aliphatic carbocycles. The molecule has 4 atom stereocenters. The molecule has 0 aromatic rings. The van der Waals surface area contributed by atoms with Crippen LogP contribution in [0.5, 0.6) is 0 Å². The van der Waals surface area contributed by atoms with Gasteiger partial charge in [0.25, 0.3) is 0 Å². The highest BCUT2D eigenvalue weighted by atomic mass is 19.1. The number of carboxylic acid groups (broad SMARTS) is 1. The summed E-state index contributed by atoms with van der Waals surface area (Å²) >= 11 is 0. The van der Waals surface area contributed by atoms with Crippen molar-refractivity contribution in [1.82, 2.24) is 14.7 Å². The molecule has 8 heteroatoms. The first-order chi connectivity index (χ1) is 12.4. The van der Waals surface area contributed by atoms with Gasteiger partial charge in [0, 0.05) is 44.7 Å². The number of Topliss-reactive ketones (excluding diaryl/α,β-unsaturated/α-hetero) is 1. The lowest BCUT2D eigenvalue weighted by molar-refractivity contribution is -0.141. The van der Waals surface area contributed by atoms with Crippen LogP contribution in [0.4, 0.5) is 4.39 Å². The zero-order valence-corrected chi connectivity index (χ0v) is 15.0. The predicted molar refractivity (Wildman–Crippen MR) is 90.6 cm³/mol. The second kappa shape index (κ2) is 6.26. The molecule has 4 aliphatic rings. The first-order valence-corrected chi connectivity index (χ1v) is 9.09. The third-order valence-corrected chi connectivity index (χ3v) is 5.90. The number of rotatable bonds is 2. The number of carbonyl (C=O) groups excluding carboxylic acids is 1. The number of alkyl halides is 1. The van der Waals surface area contributed by atoms with E-state index in [1.165, 1.54) is 6.20 Å². The summed E-state index contributed by atoms with van der Waals surface area (Å²) in [5.41, 5.74) is -0.263. The first-order valence-electron chi connectivity index (χ1n) is 9.09. The first kappa shape index (κ1) is 17.3. The lowest BCUT2D eigenvalue weighted by Crippen LogP contribution is -2.61. The van der Waals surface area contributed by atoms with Crippen molar-refractivity contribution in [2.24, 2.45) is 5.92 Å². The normalized spacial score (nSPS) is 35.0. The number of carbonyl (C=O) groups is 2. The lowest BCUT2D eigenvalue weighted by Gasteiger charge is -2.53. The number of nitrogens with zero attached hydrogens (tertiary/aromatic N) is 3. The van der Waals surface area contributed by atoms with E-state index in [2.05, 4.69) is 16.8 Å². The van der Waals surface area contributed by atoms with Crippen molar-refractivity contribution in [3.8, 4) is 0 Å². The fraction of sp³-hybridized carbons (Fsp3) is 0.667. The number of halogens is 1. The van der Waals surface area contributed by atoms with Crippen LogP contribution in [0.2, 0.25) is 0 Å². The Kier molecular flexibility index (Phi) is 4.17. The van der Waals surface area contributed by atoms with Gasteiger partial charge in [-0.05, 0) is 20.4 Å². The molecule has 7 nitrogen and oxygen atoms in total. The van der Waals surface area contributed by atoms with Crippen molar-refractivity contribution >= 4 is 11.8 Å². The molecule has 26 heavy (non-hydrogen) atoms. The smallest absolute Gasteiger partial charge is 0.340 e. The van der Waals surface area contributed by atoms with Gasteiger partial charge in [-0.2, -0.15) is 0 Å². The van der Waals surface area contributed by atoms with Gasteiger partial charge in [-0.1, -0.05) is 0 Å². The van der Waals surface area contributed by atoms with E-state index in [4.69, 9.17) is 4.74 Å². The van der Waals surface area contributed by atoms with Gasteiger partial charge in [0.2, 0.25) is 0 Å². The average Bonchev–Trinajstić information content (AvgIpc) is 2.58. The minimum Gasteiger partial charge on any atom is -0.489 e. The highest BCUT2D eigenvalue weighted by Gasteiger charge is 2.53. The number of piperazine rings is 1. The zero-order chi connectivity index (χ0) is 18.6. The van der Waals surface area contributed by atoms with Gasteiger partial charge >= 0.3 is 5.97 Å². The minimum absolute atomic E-state index is 0.0551. The summed E-state index contributed by atoms with van der Waals surface area (Å²) in [6, 6.07) is -0.337. The second-order valence-corrected chi connectivity index (χ2v) is 7.61. The Labute approximate surface area is 151 Å². The Morgan fingerprint density at radius 3 is 2.62 bits per heavy atom. The number of hydrogen-bond acceptors (Lipinski definition) is 6. The number of hydrogen-bond donors (Lipinski definition) is 1. The summed E-state index contributed by atoms with van der Waals surface area (Å²) < 4.78 is 20.3. The van der Waals surface area contributed by atoms with Gasteiger partial charge in [-0.3, -0.25) is 4.79 Å². The molecule has 4 rings (SSSR count). The van der Waals surface area contributed by atoms with E-state index in [1.54, 1.807) is 0 Å². The Morgan fingerprint density at radius 2 is 1.96 bits per heavy atom. The van der Waals surface area contributed by atoms with Gasteiger partial charge in [0.15, 0.2) is 5.78 Å². The number of allylic oxidation sites excluding steroid dienone is 1. The molecule has 3 aliphatic heterocycles. The Balaban J connectivity index is 1.77. The SMILES string of the molecule is CC1=C(N2CCN(C)CC2)N2C=C(C(=O)O)C(=O)C3CC(F)CC(O1)C32. The number of aliphatic carboxylic acids is 1. The van der Waals surface area contributed by atoms with Crippen molar-refractivity contribution in [1.29, 1.82) is 0 Å². The molecule has 2 fully saturated rings. The Morgan fingerprint density at radius 1 is 1.27 bits per heavy atom. The van der Waals surface area contributed by atoms with Gasteiger partial charge < -0.3 is 24.5 Å². The second-order valence-electron chi connectivity index (χ2n) is 7.61. The van der Waals surface area contributed by atoms with Crippen molar-refractivity contribution in [2.75, 3.05) is 33.2 Å². The molecule has 0 radical (unpaired) electrons. The molecule has 1 saturated heterocycles. The van der Waals surface area contributed by atoms with Crippen molar-refractivity contribution in [2.45, 2.75) is 38.1 Å². The van der Waals surface area contributed by atoms with E-state index >= 15 is 0 Å². The number of carboxylic acids is 1. The van der Waals surface area contributed by atoms with Crippen molar-refractivity contribution in [3.05, 3.63) is 23.4 Å². The van der Waals surface area contributed by atoms with Crippen LogP contribution >= 0.6 is 0 Å². The zero-order valence-electron chi connectivity index (χ0n) is 15.0. The molecule has 142 valence electrons. The average molecular weight is 365 g/mol. The molecular formula is C18H24FN3O4.